The predicted octanol–water partition coefficient (Wildman–Crippen LogP) is 3.03. The Morgan fingerprint density at radius 2 is 2.06 bits per heavy atom. The van der Waals surface area contributed by atoms with Gasteiger partial charge in [-0.15, -0.1) is 11.8 Å². The molecule has 0 atom stereocenters. The van der Waals surface area contributed by atoms with Gasteiger partial charge >= 0.3 is 6.18 Å². The zero-order valence-corrected chi connectivity index (χ0v) is 10.3. The van der Waals surface area contributed by atoms with Crippen LogP contribution in [0.3, 0.4) is 0 Å². The molecule has 0 aromatic heterocycles. The highest BCUT2D eigenvalue weighted by Crippen LogP contribution is 2.25. The third-order valence-electron chi connectivity index (χ3n) is 2.03. The lowest BCUT2D eigenvalue weighted by molar-refractivity contribution is -0.125. The number of rotatable bonds is 5. The van der Waals surface area contributed by atoms with Gasteiger partial charge in [-0.3, -0.25) is 0 Å². The summed E-state index contributed by atoms with van der Waals surface area (Å²) in [5.74, 6) is 0.913. The Hall–Kier alpha value is -0.880. The Bertz CT molecular complexity index is 366. The van der Waals surface area contributed by atoms with E-state index in [1.165, 1.54) is 0 Å². The molecule has 3 N–H and O–H groups in total. The van der Waals surface area contributed by atoms with Crippen molar-refractivity contribution in [2.75, 3.05) is 18.0 Å². The summed E-state index contributed by atoms with van der Waals surface area (Å²) >= 11 is 1.61. The summed E-state index contributed by atoms with van der Waals surface area (Å²) in [5, 5.41) is 2.33. The fourth-order valence-corrected chi connectivity index (χ4v) is 2.04. The molecule has 0 radical (unpaired) electrons. The number of benzene rings is 1. The van der Waals surface area contributed by atoms with Crippen molar-refractivity contribution in [1.29, 1.82) is 0 Å². The van der Waals surface area contributed by atoms with Gasteiger partial charge in [0, 0.05) is 17.1 Å². The summed E-state index contributed by atoms with van der Waals surface area (Å²) < 4.78 is 35.7. The third-order valence-corrected chi connectivity index (χ3v) is 3.00. The van der Waals surface area contributed by atoms with Gasteiger partial charge in [0.15, 0.2) is 0 Å². The normalized spacial score (nSPS) is 11.8. The van der Waals surface area contributed by atoms with E-state index in [1.54, 1.807) is 23.9 Å². The highest BCUT2D eigenvalue weighted by atomic mass is 32.2. The Labute approximate surface area is 103 Å². The van der Waals surface area contributed by atoms with Crippen molar-refractivity contribution < 1.29 is 13.2 Å². The number of nitrogens with one attached hydrogen (secondary N) is 1. The first-order chi connectivity index (χ1) is 7.92. The van der Waals surface area contributed by atoms with Crippen molar-refractivity contribution >= 4 is 17.4 Å². The van der Waals surface area contributed by atoms with Crippen molar-refractivity contribution in [1.82, 2.24) is 5.32 Å². The molecule has 2 nitrogen and oxygen atoms in total. The molecule has 0 aliphatic carbocycles. The molecule has 0 amide bonds. The summed E-state index contributed by atoms with van der Waals surface area (Å²) in [6.07, 6.45) is -4.18. The van der Waals surface area contributed by atoms with Crippen molar-refractivity contribution in [3.63, 3.8) is 0 Å². The minimum atomic E-state index is -4.18. The van der Waals surface area contributed by atoms with Crippen LogP contribution < -0.4 is 11.1 Å². The van der Waals surface area contributed by atoms with E-state index in [4.69, 9.17) is 5.73 Å². The van der Waals surface area contributed by atoms with Crippen LogP contribution in [0.15, 0.2) is 23.1 Å². The molecule has 0 aliphatic heterocycles. The Morgan fingerprint density at radius 3 is 2.59 bits per heavy atom. The van der Waals surface area contributed by atoms with Crippen LogP contribution >= 0.6 is 11.8 Å². The number of nitrogens with two attached hydrogens (primary N) is 1. The number of thioether (sulfide) groups is 1. The van der Waals surface area contributed by atoms with Gasteiger partial charge in [-0.2, -0.15) is 13.2 Å². The largest absolute Gasteiger partial charge is 0.401 e. The van der Waals surface area contributed by atoms with E-state index in [9.17, 15) is 13.2 Å². The van der Waals surface area contributed by atoms with Crippen LogP contribution in [0.25, 0.3) is 0 Å². The van der Waals surface area contributed by atoms with Crippen LogP contribution in [0.4, 0.5) is 18.9 Å². The SMILES string of the molecule is CCSc1ccc(CNCC(F)(F)F)cc1N. The molecule has 0 saturated heterocycles. The molecular formula is C11H15F3N2S. The average molecular weight is 264 g/mol. The molecule has 0 heterocycles. The van der Waals surface area contributed by atoms with Gasteiger partial charge in [-0.05, 0) is 23.4 Å². The maximum atomic E-state index is 11.9. The van der Waals surface area contributed by atoms with Crippen molar-refractivity contribution in [3.8, 4) is 0 Å². The first kappa shape index (κ1) is 14.2. The van der Waals surface area contributed by atoms with Crippen LogP contribution in [0.1, 0.15) is 12.5 Å². The molecule has 6 heteroatoms. The average Bonchev–Trinajstić information content (AvgIpc) is 2.20. The monoisotopic (exact) mass is 264 g/mol. The second kappa shape index (κ2) is 6.16. The molecule has 0 spiro atoms. The van der Waals surface area contributed by atoms with Crippen LogP contribution in [0.2, 0.25) is 0 Å². The summed E-state index contributed by atoms with van der Waals surface area (Å²) in [7, 11) is 0. The molecule has 0 aliphatic rings. The van der Waals surface area contributed by atoms with Gasteiger partial charge in [-0.1, -0.05) is 13.0 Å². The summed E-state index contributed by atoms with van der Waals surface area (Å²) in [4.78, 5) is 0.965. The van der Waals surface area contributed by atoms with E-state index in [0.717, 1.165) is 16.2 Å². The molecule has 0 saturated carbocycles. The van der Waals surface area contributed by atoms with Gasteiger partial charge in [-0.25, -0.2) is 0 Å². The van der Waals surface area contributed by atoms with Crippen molar-refractivity contribution in [2.45, 2.75) is 24.5 Å². The Kier molecular flexibility index (Phi) is 5.14. The van der Waals surface area contributed by atoms with E-state index in [0.29, 0.717) is 5.69 Å². The molecule has 17 heavy (non-hydrogen) atoms. The van der Waals surface area contributed by atoms with Gasteiger partial charge < -0.3 is 11.1 Å². The minimum absolute atomic E-state index is 0.167. The number of halogens is 3. The quantitative estimate of drug-likeness (QED) is 0.634. The molecule has 96 valence electrons. The van der Waals surface area contributed by atoms with Gasteiger partial charge in [0.25, 0.3) is 0 Å². The standard InChI is InChI=1S/C11H15F3N2S/c1-2-17-10-4-3-8(5-9(10)15)6-16-7-11(12,13)14/h3-5,16H,2,6-7,15H2,1H3. The number of alkyl halides is 3. The zero-order valence-electron chi connectivity index (χ0n) is 9.47. The number of hydrogen-bond donors (Lipinski definition) is 2. The van der Waals surface area contributed by atoms with E-state index in [2.05, 4.69) is 5.32 Å². The fourth-order valence-electron chi connectivity index (χ4n) is 1.34. The van der Waals surface area contributed by atoms with Crippen molar-refractivity contribution in [2.24, 2.45) is 0 Å². The van der Waals surface area contributed by atoms with Gasteiger partial charge in [0.2, 0.25) is 0 Å². The first-order valence-corrected chi connectivity index (χ1v) is 6.19. The number of hydrogen-bond acceptors (Lipinski definition) is 3. The van der Waals surface area contributed by atoms with E-state index < -0.39 is 12.7 Å². The topological polar surface area (TPSA) is 38.0 Å². The van der Waals surface area contributed by atoms with E-state index >= 15 is 0 Å². The lowest BCUT2D eigenvalue weighted by Gasteiger charge is -2.10. The lowest BCUT2D eigenvalue weighted by atomic mass is 10.2. The predicted molar refractivity (Wildman–Crippen MR) is 65.0 cm³/mol. The molecule has 0 bridgehead atoms. The second-order valence-corrected chi connectivity index (χ2v) is 4.83. The van der Waals surface area contributed by atoms with E-state index in [1.807, 2.05) is 13.0 Å². The number of anilines is 1. The first-order valence-electron chi connectivity index (χ1n) is 5.21. The lowest BCUT2D eigenvalue weighted by Crippen LogP contribution is -2.28. The Morgan fingerprint density at radius 1 is 1.35 bits per heavy atom. The summed E-state index contributed by atoms with van der Waals surface area (Å²) in [6.45, 7) is 1.20. The molecule has 1 aromatic carbocycles. The van der Waals surface area contributed by atoms with Crippen LogP contribution in [0, 0.1) is 0 Å². The smallest absolute Gasteiger partial charge is 0.398 e. The molecular weight excluding hydrogens is 249 g/mol. The summed E-state index contributed by atoms with van der Waals surface area (Å²) in [5.41, 5.74) is 7.16. The number of nitrogen functional groups attached to an aromatic ring is 1. The Balaban J connectivity index is 2.53. The molecule has 1 rings (SSSR count). The van der Waals surface area contributed by atoms with Crippen LogP contribution in [-0.4, -0.2) is 18.5 Å². The van der Waals surface area contributed by atoms with Crippen molar-refractivity contribution in [3.05, 3.63) is 23.8 Å². The zero-order chi connectivity index (χ0) is 12.9. The highest BCUT2D eigenvalue weighted by molar-refractivity contribution is 7.99. The van der Waals surface area contributed by atoms with Gasteiger partial charge in [0.1, 0.15) is 0 Å². The minimum Gasteiger partial charge on any atom is -0.398 e. The third kappa shape index (κ3) is 5.32. The molecule has 0 fully saturated rings. The van der Waals surface area contributed by atoms with Gasteiger partial charge in [0.05, 0.1) is 6.54 Å². The van der Waals surface area contributed by atoms with Crippen LogP contribution in [-0.2, 0) is 6.54 Å². The highest BCUT2D eigenvalue weighted by Gasteiger charge is 2.25. The molecule has 0 unspecified atom stereocenters. The maximum absolute atomic E-state index is 11.9. The summed E-state index contributed by atoms with van der Waals surface area (Å²) in [6, 6.07) is 5.34. The second-order valence-electron chi connectivity index (χ2n) is 3.52. The van der Waals surface area contributed by atoms with E-state index in [-0.39, 0.29) is 6.54 Å². The fraction of sp³-hybridized carbons (Fsp3) is 0.455. The molecule has 1 aromatic rings. The maximum Gasteiger partial charge on any atom is 0.401 e. The van der Waals surface area contributed by atoms with Crippen LogP contribution in [0.5, 0.6) is 0 Å².